The summed E-state index contributed by atoms with van der Waals surface area (Å²) in [4.78, 5) is 32.7. The second-order valence-corrected chi connectivity index (χ2v) is 5.07. The lowest BCUT2D eigenvalue weighted by molar-refractivity contribution is -0.137. The minimum Gasteiger partial charge on any atom is -0.481 e. The molecule has 114 valence electrons. The number of hydrogen-bond acceptors (Lipinski definition) is 5. The second kappa shape index (κ2) is 7.12. The Labute approximate surface area is 123 Å². The van der Waals surface area contributed by atoms with Crippen LogP contribution in [-0.4, -0.2) is 57.7 Å². The molecule has 0 aromatic carbocycles. The summed E-state index contributed by atoms with van der Waals surface area (Å²) in [5.74, 6) is -1.21. The van der Waals surface area contributed by atoms with Crippen molar-refractivity contribution in [3.63, 3.8) is 0 Å². The monoisotopic (exact) mass is 293 g/mol. The highest BCUT2D eigenvalue weighted by Gasteiger charge is 2.24. The first-order valence-electron chi connectivity index (χ1n) is 6.97. The molecule has 1 N–H and O–H groups in total. The molecule has 0 bridgehead atoms. The molecule has 1 aromatic rings. The predicted molar refractivity (Wildman–Crippen MR) is 73.9 cm³/mol. The van der Waals surface area contributed by atoms with Crippen LogP contribution in [0.1, 0.15) is 35.4 Å². The van der Waals surface area contributed by atoms with E-state index in [0.717, 1.165) is 12.8 Å². The van der Waals surface area contributed by atoms with Crippen LogP contribution in [0.5, 0.6) is 0 Å². The molecule has 0 radical (unpaired) electrons. The lowest BCUT2D eigenvalue weighted by Crippen LogP contribution is -2.39. The topological polar surface area (TPSA) is 92.6 Å². The highest BCUT2D eigenvalue weighted by atomic mass is 16.5. The highest BCUT2D eigenvalue weighted by molar-refractivity contribution is 5.92. The van der Waals surface area contributed by atoms with Crippen molar-refractivity contribution in [1.82, 2.24) is 14.9 Å². The van der Waals surface area contributed by atoms with Crippen molar-refractivity contribution in [3.8, 4) is 0 Å². The Balaban J connectivity index is 2.08. The van der Waals surface area contributed by atoms with Crippen molar-refractivity contribution in [3.05, 3.63) is 23.8 Å². The van der Waals surface area contributed by atoms with Crippen molar-refractivity contribution < 1.29 is 19.4 Å². The van der Waals surface area contributed by atoms with Crippen molar-refractivity contribution >= 4 is 11.9 Å². The molecule has 0 aliphatic carbocycles. The molecule has 0 spiro atoms. The lowest BCUT2D eigenvalue weighted by atomic mass is 10.2. The number of aryl methyl sites for hydroxylation is 1. The summed E-state index contributed by atoms with van der Waals surface area (Å²) in [5, 5.41) is 8.82. The summed E-state index contributed by atoms with van der Waals surface area (Å²) in [7, 11) is 0. The zero-order valence-electron chi connectivity index (χ0n) is 12.0. The van der Waals surface area contributed by atoms with Gasteiger partial charge in [0.15, 0.2) is 0 Å². The standard InChI is InChI=1S/C14H19N3O4/c1-10-7-12(16-9-15-10)14(20)17(5-4-13(18)19)8-11-3-2-6-21-11/h7,9,11H,2-6,8H2,1H3,(H,18,19). The van der Waals surface area contributed by atoms with Gasteiger partial charge in [0.05, 0.1) is 12.5 Å². The van der Waals surface area contributed by atoms with E-state index < -0.39 is 5.97 Å². The van der Waals surface area contributed by atoms with Crippen molar-refractivity contribution in [2.45, 2.75) is 32.3 Å². The second-order valence-electron chi connectivity index (χ2n) is 5.07. The van der Waals surface area contributed by atoms with Crippen LogP contribution in [0.15, 0.2) is 12.4 Å². The van der Waals surface area contributed by atoms with E-state index >= 15 is 0 Å². The van der Waals surface area contributed by atoms with Gasteiger partial charge in [0.25, 0.3) is 5.91 Å². The molecule has 2 heterocycles. The Morgan fingerprint density at radius 2 is 2.29 bits per heavy atom. The van der Waals surface area contributed by atoms with Gasteiger partial charge in [-0.15, -0.1) is 0 Å². The third-order valence-electron chi connectivity index (χ3n) is 3.35. The van der Waals surface area contributed by atoms with Crippen molar-refractivity contribution in [2.24, 2.45) is 0 Å². The lowest BCUT2D eigenvalue weighted by Gasteiger charge is -2.24. The molecule has 2 rings (SSSR count). The number of ether oxygens (including phenoxy) is 1. The Hall–Kier alpha value is -2.02. The fourth-order valence-electron chi connectivity index (χ4n) is 2.27. The normalized spacial score (nSPS) is 17.7. The summed E-state index contributed by atoms with van der Waals surface area (Å²) in [6, 6.07) is 1.60. The smallest absolute Gasteiger partial charge is 0.305 e. The molecule has 21 heavy (non-hydrogen) atoms. The first-order valence-corrected chi connectivity index (χ1v) is 6.97. The van der Waals surface area contributed by atoms with E-state index in [4.69, 9.17) is 9.84 Å². The third-order valence-corrected chi connectivity index (χ3v) is 3.35. The Morgan fingerprint density at radius 1 is 1.48 bits per heavy atom. The Morgan fingerprint density at radius 3 is 2.90 bits per heavy atom. The number of amides is 1. The summed E-state index contributed by atoms with van der Waals surface area (Å²) in [6.07, 6.45) is 3.08. The van der Waals surface area contributed by atoms with Gasteiger partial charge in [0.2, 0.25) is 0 Å². The molecule has 7 heteroatoms. The number of carbonyl (C=O) groups is 2. The van der Waals surface area contributed by atoms with Gasteiger partial charge >= 0.3 is 5.97 Å². The largest absolute Gasteiger partial charge is 0.481 e. The predicted octanol–water partition coefficient (Wildman–Crippen LogP) is 0.881. The van der Waals surface area contributed by atoms with Crippen LogP contribution in [0, 0.1) is 6.92 Å². The number of rotatable bonds is 6. The molecule has 1 atom stereocenters. The maximum Gasteiger partial charge on any atom is 0.305 e. The number of aliphatic carboxylic acids is 1. The molecule has 1 amide bonds. The van der Waals surface area contributed by atoms with Gasteiger partial charge in [0, 0.05) is 25.4 Å². The molecule has 1 aliphatic heterocycles. The SMILES string of the molecule is Cc1cc(C(=O)N(CCC(=O)O)CC2CCCO2)ncn1. The Kier molecular flexibility index (Phi) is 5.21. The molecule has 7 nitrogen and oxygen atoms in total. The van der Waals surface area contributed by atoms with Crippen LogP contribution < -0.4 is 0 Å². The molecule has 1 unspecified atom stereocenters. The average molecular weight is 293 g/mol. The van der Waals surface area contributed by atoms with Gasteiger partial charge in [0.1, 0.15) is 12.0 Å². The molecular formula is C14H19N3O4. The van der Waals surface area contributed by atoms with Gasteiger partial charge in [-0.2, -0.15) is 0 Å². The van der Waals surface area contributed by atoms with E-state index in [1.165, 1.54) is 11.2 Å². The van der Waals surface area contributed by atoms with Crippen LogP contribution in [0.3, 0.4) is 0 Å². The highest BCUT2D eigenvalue weighted by Crippen LogP contribution is 2.15. The zero-order chi connectivity index (χ0) is 15.2. The van der Waals surface area contributed by atoms with E-state index in [-0.39, 0.29) is 30.7 Å². The van der Waals surface area contributed by atoms with E-state index in [9.17, 15) is 9.59 Å². The molecule has 1 fully saturated rings. The van der Waals surface area contributed by atoms with Crippen LogP contribution in [0.2, 0.25) is 0 Å². The van der Waals surface area contributed by atoms with Crippen molar-refractivity contribution in [1.29, 1.82) is 0 Å². The summed E-state index contributed by atoms with van der Waals surface area (Å²) in [5.41, 5.74) is 0.981. The molecular weight excluding hydrogens is 274 g/mol. The van der Waals surface area contributed by atoms with Crippen LogP contribution in [-0.2, 0) is 9.53 Å². The van der Waals surface area contributed by atoms with Gasteiger partial charge in [-0.1, -0.05) is 0 Å². The fraction of sp³-hybridized carbons (Fsp3) is 0.571. The third kappa shape index (κ3) is 4.49. The molecule has 1 aromatic heterocycles. The number of carbonyl (C=O) groups excluding carboxylic acids is 1. The van der Waals surface area contributed by atoms with Crippen molar-refractivity contribution in [2.75, 3.05) is 19.7 Å². The first-order chi connectivity index (χ1) is 10.1. The van der Waals surface area contributed by atoms with E-state index in [0.29, 0.717) is 18.8 Å². The summed E-state index contributed by atoms with van der Waals surface area (Å²) >= 11 is 0. The fourth-order valence-corrected chi connectivity index (χ4v) is 2.27. The van der Waals surface area contributed by atoms with Gasteiger partial charge in [-0.3, -0.25) is 9.59 Å². The maximum atomic E-state index is 12.5. The number of carboxylic acids is 1. The van der Waals surface area contributed by atoms with E-state index in [1.807, 2.05) is 0 Å². The van der Waals surface area contributed by atoms with Crippen LogP contribution >= 0.6 is 0 Å². The van der Waals surface area contributed by atoms with Crippen LogP contribution in [0.25, 0.3) is 0 Å². The summed E-state index contributed by atoms with van der Waals surface area (Å²) < 4.78 is 5.53. The summed E-state index contributed by atoms with van der Waals surface area (Å²) in [6.45, 7) is 3.02. The molecule has 1 aliphatic rings. The minimum absolute atomic E-state index is 0.0225. The molecule has 0 saturated carbocycles. The zero-order valence-corrected chi connectivity index (χ0v) is 12.0. The quantitative estimate of drug-likeness (QED) is 0.837. The van der Waals surface area contributed by atoms with Crippen LogP contribution in [0.4, 0.5) is 0 Å². The van der Waals surface area contributed by atoms with Gasteiger partial charge in [-0.25, -0.2) is 9.97 Å². The first kappa shape index (κ1) is 15.4. The number of hydrogen-bond donors (Lipinski definition) is 1. The number of carboxylic acid groups (broad SMARTS) is 1. The minimum atomic E-state index is -0.931. The average Bonchev–Trinajstić information content (AvgIpc) is 2.95. The Bertz CT molecular complexity index is 515. The number of aromatic nitrogens is 2. The van der Waals surface area contributed by atoms with E-state index in [2.05, 4.69) is 9.97 Å². The maximum absolute atomic E-state index is 12.5. The van der Waals surface area contributed by atoms with E-state index in [1.54, 1.807) is 13.0 Å². The van der Waals surface area contributed by atoms with Gasteiger partial charge < -0.3 is 14.7 Å². The molecule has 1 saturated heterocycles. The number of nitrogens with zero attached hydrogens (tertiary/aromatic N) is 3. The van der Waals surface area contributed by atoms with Gasteiger partial charge in [-0.05, 0) is 25.8 Å².